The van der Waals surface area contributed by atoms with Crippen LogP contribution in [0, 0.1) is 23.7 Å². The molecule has 3 heteroatoms. The molecule has 0 aromatic heterocycles. The van der Waals surface area contributed by atoms with Crippen molar-refractivity contribution >= 4 is 5.91 Å². The first-order valence-electron chi connectivity index (χ1n) is 6.62. The van der Waals surface area contributed by atoms with Crippen molar-refractivity contribution in [2.75, 3.05) is 6.54 Å². The van der Waals surface area contributed by atoms with E-state index in [-0.39, 0.29) is 11.9 Å². The van der Waals surface area contributed by atoms with Crippen molar-refractivity contribution in [2.45, 2.75) is 45.6 Å². The molecular weight excluding hydrogens is 200 g/mol. The van der Waals surface area contributed by atoms with Crippen LogP contribution in [0.5, 0.6) is 0 Å². The summed E-state index contributed by atoms with van der Waals surface area (Å²) in [5.74, 6) is 2.80. The largest absolute Gasteiger partial charge is 0.353 e. The molecule has 0 aromatic carbocycles. The number of nitrogens with one attached hydrogen (secondary N) is 1. The molecular formula is C13H24N2O. The predicted molar refractivity (Wildman–Crippen MR) is 64.8 cm³/mol. The second-order valence-corrected chi connectivity index (χ2v) is 5.86. The molecule has 2 rings (SSSR count). The zero-order valence-electron chi connectivity index (χ0n) is 10.4. The minimum Gasteiger partial charge on any atom is -0.353 e. The first-order chi connectivity index (χ1) is 7.61. The molecule has 2 fully saturated rings. The number of carbonyl (C=O) groups excluding carboxylic acids is 1. The fourth-order valence-corrected chi connectivity index (χ4v) is 2.98. The van der Waals surface area contributed by atoms with E-state index in [0.717, 1.165) is 31.1 Å². The highest BCUT2D eigenvalue weighted by Crippen LogP contribution is 2.54. The van der Waals surface area contributed by atoms with Gasteiger partial charge in [-0.1, -0.05) is 13.8 Å². The van der Waals surface area contributed by atoms with Gasteiger partial charge in [-0.15, -0.1) is 0 Å². The number of hydrogen-bond acceptors (Lipinski definition) is 2. The van der Waals surface area contributed by atoms with Crippen LogP contribution in [0.3, 0.4) is 0 Å². The number of carbonyl (C=O) groups is 1. The predicted octanol–water partition coefficient (Wildman–Crippen LogP) is 1.52. The van der Waals surface area contributed by atoms with E-state index in [4.69, 9.17) is 5.73 Å². The molecule has 1 amide bonds. The average molecular weight is 224 g/mol. The topological polar surface area (TPSA) is 55.1 Å². The Hall–Kier alpha value is -0.570. The quantitative estimate of drug-likeness (QED) is 0.744. The summed E-state index contributed by atoms with van der Waals surface area (Å²) in [6, 6.07) is 0.259. The van der Waals surface area contributed by atoms with E-state index < -0.39 is 0 Å². The third-order valence-electron chi connectivity index (χ3n) is 4.22. The molecule has 0 saturated heterocycles. The van der Waals surface area contributed by atoms with E-state index in [1.54, 1.807) is 0 Å². The zero-order chi connectivity index (χ0) is 11.7. The maximum Gasteiger partial charge on any atom is 0.223 e. The van der Waals surface area contributed by atoms with Crippen LogP contribution in [-0.2, 0) is 4.79 Å². The molecule has 3 N–H and O–H groups in total. The van der Waals surface area contributed by atoms with Crippen molar-refractivity contribution in [2.24, 2.45) is 29.4 Å². The second kappa shape index (κ2) is 4.74. The first kappa shape index (κ1) is 11.9. The van der Waals surface area contributed by atoms with Crippen molar-refractivity contribution in [3.8, 4) is 0 Å². The van der Waals surface area contributed by atoms with Crippen molar-refractivity contribution in [3.05, 3.63) is 0 Å². The number of rotatable bonds is 5. The van der Waals surface area contributed by atoms with Crippen LogP contribution in [0.2, 0.25) is 0 Å². The SMILES string of the molecule is CC(C)C(CCN)NC(=O)C1CC2CC2C1. The van der Waals surface area contributed by atoms with Crippen LogP contribution >= 0.6 is 0 Å². The third kappa shape index (κ3) is 2.57. The summed E-state index contributed by atoms with van der Waals surface area (Å²) >= 11 is 0. The molecule has 92 valence electrons. The number of hydrogen-bond donors (Lipinski definition) is 2. The number of amides is 1. The average Bonchev–Trinajstić information content (AvgIpc) is 2.84. The Morgan fingerprint density at radius 3 is 2.44 bits per heavy atom. The van der Waals surface area contributed by atoms with Gasteiger partial charge in [0.1, 0.15) is 0 Å². The highest BCUT2D eigenvalue weighted by molar-refractivity contribution is 5.79. The van der Waals surface area contributed by atoms with Gasteiger partial charge in [0, 0.05) is 12.0 Å². The Balaban J connectivity index is 1.80. The summed E-state index contributed by atoms with van der Waals surface area (Å²) in [4.78, 5) is 12.0. The number of fused-ring (bicyclic) bond motifs is 1. The van der Waals surface area contributed by atoms with Crippen LogP contribution in [0.4, 0.5) is 0 Å². The summed E-state index contributed by atoms with van der Waals surface area (Å²) in [6.07, 6.45) is 4.52. The van der Waals surface area contributed by atoms with Gasteiger partial charge in [-0.25, -0.2) is 0 Å². The second-order valence-electron chi connectivity index (χ2n) is 5.86. The molecule has 0 aromatic rings. The fourth-order valence-electron chi connectivity index (χ4n) is 2.98. The summed E-state index contributed by atoms with van der Waals surface area (Å²) in [5, 5.41) is 3.18. The molecule has 3 atom stereocenters. The molecule has 3 unspecified atom stereocenters. The van der Waals surface area contributed by atoms with Gasteiger partial charge in [0.05, 0.1) is 0 Å². The molecule has 16 heavy (non-hydrogen) atoms. The third-order valence-corrected chi connectivity index (χ3v) is 4.22. The maximum absolute atomic E-state index is 12.0. The van der Waals surface area contributed by atoms with Crippen molar-refractivity contribution < 1.29 is 4.79 Å². The van der Waals surface area contributed by atoms with Gasteiger partial charge in [-0.3, -0.25) is 4.79 Å². The summed E-state index contributed by atoms with van der Waals surface area (Å²) < 4.78 is 0. The highest BCUT2D eigenvalue weighted by Gasteiger charge is 2.48. The van der Waals surface area contributed by atoms with Crippen LogP contribution in [0.1, 0.15) is 39.5 Å². The standard InChI is InChI=1S/C13H24N2O/c1-8(2)12(3-4-14)15-13(16)11-6-9-5-10(9)7-11/h8-12H,3-7,14H2,1-2H3,(H,15,16). The summed E-state index contributed by atoms with van der Waals surface area (Å²) in [7, 11) is 0. The lowest BCUT2D eigenvalue weighted by molar-refractivity contribution is -0.126. The molecule has 2 aliphatic carbocycles. The lowest BCUT2D eigenvalue weighted by Gasteiger charge is -2.24. The van der Waals surface area contributed by atoms with E-state index in [1.165, 1.54) is 6.42 Å². The summed E-state index contributed by atoms with van der Waals surface area (Å²) in [5.41, 5.74) is 5.57. The molecule has 0 heterocycles. The molecule has 2 aliphatic rings. The van der Waals surface area contributed by atoms with Crippen LogP contribution in [0.25, 0.3) is 0 Å². The molecule has 0 bridgehead atoms. The van der Waals surface area contributed by atoms with Gasteiger partial charge < -0.3 is 11.1 Å². The van der Waals surface area contributed by atoms with Crippen LogP contribution < -0.4 is 11.1 Å². The zero-order valence-corrected chi connectivity index (χ0v) is 10.4. The highest BCUT2D eigenvalue weighted by atomic mass is 16.1. The van der Waals surface area contributed by atoms with E-state index in [2.05, 4.69) is 19.2 Å². The van der Waals surface area contributed by atoms with Gasteiger partial charge in [-0.2, -0.15) is 0 Å². The smallest absolute Gasteiger partial charge is 0.223 e. The normalized spacial score (nSPS) is 33.6. The molecule has 0 radical (unpaired) electrons. The Bertz CT molecular complexity index is 255. The van der Waals surface area contributed by atoms with Crippen molar-refractivity contribution in [1.82, 2.24) is 5.32 Å². The van der Waals surface area contributed by atoms with Gasteiger partial charge in [0.25, 0.3) is 0 Å². The molecule has 0 spiro atoms. The molecule has 3 nitrogen and oxygen atoms in total. The first-order valence-corrected chi connectivity index (χ1v) is 6.62. The minimum absolute atomic E-state index is 0.259. The molecule has 2 saturated carbocycles. The van der Waals surface area contributed by atoms with Gasteiger partial charge in [-0.05, 0) is 50.0 Å². The van der Waals surface area contributed by atoms with Gasteiger partial charge >= 0.3 is 0 Å². The van der Waals surface area contributed by atoms with Gasteiger partial charge in [0.2, 0.25) is 5.91 Å². The van der Waals surface area contributed by atoms with Crippen LogP contribution in [-0.4, -0.2) is 18.5 Å². The van der Waals surface area contributed by atoms with E-state index in [0.29, 0.717) is 18.4 Å². The lowest BCUT2D eigenvalue weighted by Crippen LogP contribution is -2.42. The van der Waals surface area contributed by atoms with E-state index in [9.17, 15) is 4.79 Å². The Kier molecular flexibility index (Phi) is 3.53. The summed E-state index contributed by atoms with van der Waals surface area (Å²) in [6.45, 7) is 4.94. The minimum atomic E-state index is 0.259. The molecule has 0 aliphatic heterocycles. The Morgan fingerprint density at radius 2 is 1.94 bits per heavy atom. The lowest BCUT2D eigenvalue weighted by atomic mass is 9.97. The van der Waals surface area contributed by atoms with Crippen molar-refractivity contribution in [3.63, 3.8) is 0 Å². The Labute approximate surface area is 98.2 Å². The van der Waals surface area contributed by atoms with Gasteiger partial charge in [0.15, 0.2) is 0 Å². The number of nitrogens with two attached hydrogens (primary N) is 1. The fraction of sp³-hybridized carbons (Fsp3) is 0.923. The monoisotopic (exact) mass is 224 g/mol. The van der Waals surface area contributed by atoms with Crippen LogP contribution in [0.15, 0.2) is 0 Å². The van der Waals surface area contributed by atoms with Crippen molar-refractivity contribution in [1.29, 1.82) is 0 Å². The maximum atomic E-state index is 12.0. The van der Waals surface area contributed by atoms with E-state index in [1.807, 2.05) is 0 Å². The van der Waals surface area contributed by atoms with E-state index >= 15 is 0 Å². The Morgan fingerprint density at radius 1 is 1.31 bits per heavy atom.